The van der Waals surface area contributed by atoms with E-state index in [1.54, 1.807) is 30.3 Å². The summed E-state index contributed by atoms with van der Waals surface area (Å²) >= 11 is 11.9. The Balaban J connectivity index is 1.85. The van der Waals surface area contributed by atoms with Gasteiger partial charge >= 0.3 is 6.03 Å². The van der Waals surface area contributed by atoms with Crippen molar-refractivity contribution < 1.29 is 4.79 Å². The summed E-state index contributed by atoms with van der Waals surface area (Å²) in [5, 5.41) is 25.1. The zero-order chi connectivity index (χ0) is 16.4. The van der Waals surface area contributed by atoms with Crippen molar-refractivity contribution in [2.75, 3.05) is 10.6 Å². The third kappa shape index (κ3) is 2.90. The van der Waals surface area contributed by atoms with E-state index in [0.29, 0.717) is 33.0 Å². The molecule has 3 aromatic rings. The van der Waals surface area contributed by atoms with E-state index in [2.05, 4.69) is 26.0 Å². The molecule has 1 heterocycles. The lowest BCUT2D eigenvalue weighted by molar-refractivity contribution is 0.262. The van der Waals surface area contributed by atoms with Gasteiger partial charge in [-0.2, -0.15) is 20.7 Å². The van der Waals surface area contributed by atoms with Crippen molar-refractivity contribution >= 4 is 51.6 Å². The largest absolute Gasteiger partial charge is 0.323 e. The molecule has 0 aliphatic rings. The fourth-order valence-electron chi connectivity index (χ4n) is 2.00. The predicted molar refractivity (Wildman–Crippen MR) is 87.7 cm³/mol. The minimum absolute atomic E-state index is 0.246. The Morgan fingerprint density at radius 2 is 1.83 bits per heavy atom. The lowest BCUT2D eigenvalue weighted by Gasteiger charge is -2.10. The second-order valence-electron chi connectivity index (χ2n) is 4.47. The van der Waals surface area contributed by atoms with Crippen LogP contribution in [0.15, 0.2) is 30.3 Å². The standard InChI is InChI=1S/C14H8Cl2N6O/c15-8-2-1-3-9(11(8)16)18-14(23)19-10-5-4-7(6-17)12-13(10)21-22-20-12/h1-5H,(H2,18,19,23)(H,20,21,22). The lowest BCUT2D eigenvalue weighted by Crippen LogP contribution is -2.19. The molecule has 0 saturated heterocycles. The van der Waals surface area contributed by atoms with E-state index in [-0.39, 0.29) is 5.02 Å². The van der Waals surface area contributed by atoms with Gasteiger partial charge in [-0.3, -0.25) is 0 Å². The molecule has 114 valence electrons. The van der Waals surface area contributed by atoms with Gasteiger partial charge in [-0.15, -0.1) is 0 Å². The van der Waals surface area contributed by atoms with Crippen LogP contribution in [0.5, 0.6) is 0 Å². The van der Waals surface area contributed by atoms with Gasteiger partial charge in [-0.25, -0.2) is 4.79 Å². The first kappa shape index (κ1) is 15.1. The zero-order valence-corrected chi connectivity index (χ0v) is 12.9. The van der Waals surface area contributed by atoms with Crippen molar-refractivity contribution in [2.45, 2.75) is 0 Å². The van der Waals surface area contributed by atoms with Gasteiger partial charge < -0.3 is 10.6 Å². The topological polar surface area (TPSA) is 106 Å². The van der Waals surface area contributed by atoms with Crippen molar-refractivity contribution in [3.8, 4) is 6.07 Å². The highest BCUT2D eigenvalue weighted by atomic mass is 35.5. The number of H-pyrrole nitrogens is 1. The Kier molecular flexibility index (Phi) is 4.02. The molecule has 0 spiro atoms. The quantitative estimate of drug-likeness (QED) is 0.656. The number of hydrogen-bond donors (Lipinski definition) is 3. The highest BCUT2D eigenvalue weighted by molar-refractivity contribution is 6.44. The Labute approximate surface area is 140 Å². The summed E-state index contributed by atoms with van der Waals surface area (Å²) in [7, 11) is 0. The number of anilines is 2. The molecule has 1 aromatic heterocycles. The van der Waals surface area contributed by atoms with Crippen LogP contribution in [-0.2, 0) is 0 Å². The highest BCUT2D eigenvalue weighted by Crippen LogP contribution is 2.30. The summed E-state index contributed by atoms with van der Waals surface area (Å²) in [6.45, 7) is 0. The molecule has 2 aromatic carbocycles. The summed E-state index contributed by atoms with van der Waals surface area (Å²) in [5.41, 5.74) is 1.91. The van der Waals surface area contributed by atoms with Crippen molar-refractivity contribution in [1.82, 2.24) is 15.4 Å². The van der Waals surface area contributed by atoms with Gasteiger partial charge in [0.2, 0.25) is 0 Å². The van der Waals surface area contributed by atoms with Gasteiger partial charge in [-0.1, -0.05) is 29.3 Å². The van der Waals surface area contributed by atoms with E-state index >= 15 is 0 Å². The summed E-state index contributed by atoms with van der Waals surface area (Å²) in [4.78, 5) is 12.1. The maximum Gasteiger partial charge on any atom is 0.323 e. The average molecular weight is 347 g/mol. The second kappa shape index (κ2) is 6.12. The monoisotopic (exact) mass is 346 g/mol. The summed E-state index contributed by atoms with van der Waals surface area (Å²) < 4.78 is 0. The van der Waals surface area contributed by atoms with Crippen molar-refractivity contribution in [3.63, 3.8) is 0 Å². The van der Waals surface area contributed by atoms with Crippen LogP contribution in [0.3, 0.4) is 0 Å². The fraction of sp³-hybridized carbons (Fsp3) is 0. The minimum Gasteiger partial charge on any atom is -0.306 e. The van der Waals surface area contributed by atoms with Crippen LogP contribution in [0.25, 0.3) is 11.0 Å². The molecule has 0 bridgehead atoms. The number of fused-ring (bicyclic) bond motifs is 1. The number of amides is 2. The van der Waals surface area contributed by atoms with Gasteiger partial charge in [0.25, 0.3) is 0 Å². The number of aromatic nitrogens is 3. The average Bonchev–Trinajstić information content (AvgIpc) is 3.02. The first-order valence-electron chi connectivity index (χ1n) is 6.35. The summed E-state index contributed by atoms with van der Waals surface area (Å²) in [6, 6.07) is 9.51. The normalized spacial score (nSPS) is 10.3. The van der Waals surface area contributed by atoms with Gasteiger partial charge in [0.05, 0.1) is 27.0 Å². The molecule has 2 amide bonds. The van der Waals surface area contributed by atoms with Crippen LogP contribution in [-0.4, -0.2) is 21.4 Å². The molecule has 23 heavy (non-hydrogen) atoms. The molecule has 0 radical (unpaired) electrons. The molecular weight excluding hydrogens is 339 g/mol. The van der Waals surface area contributed by atoms with Crippen molar-refractivity contribution in [1.29, 1.82) is 5.26 Å². The van der Waals surface area contributed by atoms with Crippen molar-refractivity contribution in [3.05, 3.63) is 45.9 Å². The molecule has 0 aliphatic carbocycles. The Morgan fingerprint density at radius 3 is 2.61 bits per heavy atom. The maximum atomic E-state index is 12.1. The van der Waals surface area contributed by atoms with Gasteiger partial charge in [0.1, 0.15) is 17.1 Å². The van der Waals surface area contributed by atoms with E-state index in [4.69, 9.17) is 28.5 Å². The summed E-state index contributed by atoms with van der Waals surface area (Å²) in [5.74, 6) is 0. The first-order valence-corrected chi connectivity index (χ1v) is 7.11. The SMILES string of the molecule is N#Cc1ccc(NC(=O)Nc2cccc(Cl)c2Cl)c2n[nH]nc12. The third-order valence-corrected chi connectivity index (χ3v) is 3.86. The van der Waals surface area contributed by atoms with Crippen LogP contribution in [0, 0.1) is 11.3 Å². The fourth-order valence-corrected chi connectivity index (χ4v) is 2.35. The molecule has 0 unspecified atom stereocenters. The lowest BCUT2D eigenvalue weighted by atomic mass is 10.2. The van der Waals surface area contributed by atoms with E-state index in [1.165, 1.54) is 0 Å². The number of nitrogens with zero attached hydrogens (tertiary/aromatic N) is 3. The Bertz CT molecular complexity index is 946. The van der Waals surface area contributed by atoms with Crippen LogP contribution >= 0.6 is 23.2 Å². The molecule has 3 rings (SSSR count). The summed E-state index contributed by atoms with van der Waals surface area (Å²) in [6.07, 6.45) is 0. The number of urea groups is 1. The Hall–Kier alpha value is -2.82. The van der Waals surface area contributed by atoms with E-state index < -0.39 is 6.03 Å². The zero-order valence-electron chi connectivity index (χ0n) is 11.4. The molecular formula is C14H8Cl2N6O. The van der Waals surface area contributed by atoms with Gasteiger partial charge in [-0.05, 0) is 24.3 Å². The van der Waals surface area contributed by atoms with Gasteiger partial charge in [0, 0.05) is 0 Å². The number of rotatable bonds is 2. The number of nitriles is 1. The first-order chi connectivity index (χ1) is 11.1. The number of carbonyl (C=O) groups excluding carboxylic acids is 1. The molecule has 0 fully saturated rings. The Morgan fingerprint density at radius 1 is 1.09 bits per heavy atom. The van der Waals surface area contributed by atoms with Gasteiger partial charge in [0.15, 0.2) is 0 Å². The van der Waals surface area contributed by atoms with Crippen LogP contribution < -0.4 is 10.6 Å². The van der Waals surface area contributed by atoms with E-state index in [9.17, 15) is 4.79 Å². The van der Waals surface area contributed by atoms with E-state index in [0.717, 1.165) is 0 Å². The number of aromatic amines is 1. The van der Waals surface area contributed by atoms with Crippen LogP contribution in [0.4, 0.5) is 16.2 Å². The second-order valence-corrected chi connectivity index (χ2v) is 5.26. The number of halogens is 2. The molecule has 7 nitrogen and oxygen atoms in total. The molecule has 0 aliphatic heterocycles. The van der Waals surface area contributed by atoms with E-state index in [1.807, 2.05) is 6.07 Å². The van der Waals surface area contributed by atoms with Crippen molar-refractivity contribution in [2.24, 2.45) is 0 Å². The smallest absolute Gasteiger partial charge is 0.306 e. The molecule has 0 saturated carbocycles. The molecule has 0 atom stereocenters. The van der Waals surface area contributed by atoms with Crippen LogP contribution in [0.1, 0.15) is 5.56 Å². The minimum atomic E-state index is -0.525. The number of nitrogens with one attached hydrogen (secondary N) is 3. The molecule has 3 N–H and O–H groups in total. The van der Waals surface area contributed by atoms with Crippen LogP contribution in [0.2, 0.25) is 10.0 Å². The predicted octanol–water partition coefficient (Wildman–Crippen LogP) is 3.78. The number of hydrogen-bond acceptors (Lipinski definition) is 4. The third-order valence-electron chi connectivity index (χ3n) is 3.04. The molecule has 9 heteroatoms. The highest BCUT2D eigenvalue weighted by Gasteiger charge is 2.13. The maximum absolute atomic E-state index is 12.1. The number of carbonyl (C=O) groups is 1. The number of benzene rings is 2.